The predicted molar refractivity (Wildman–Crippen MR) is 72.6 cm³/mol. The molecule has 0 spiro atoms. The minimum atomic E-state index is -0.278. The standard InChI is InChI=1S/C14H15ClN2O/c1-10-3-4-11(2)17(10)14-6-5-12(8-16-14)13(7-15)9-18/h3-6,8-9,13H,7H2,1-2H3. The lowest BCUT2D eigenvalue weighted by molar-refractivity contribution is -0.108. The molecule has 0 saturated heterocycles. The van der Waals surface area contributed by atoms with Gasteiger partial charge in [0.25, 0.3) is 0 Å². The molecule has 2 heterocycles. The van der Waals surface area contributed by atoms with Gasteiger partial charge in [0.2, 0.25) is 0 Å². The third-order valence-electron chi connectivity index (χ3n) is 3.03. The molecule has 0 radical (unpaired) electrons. The second kappa shape index (κ2) is 5.36. The van der Waals surface area contributed by atoms with Gasteiger partial charge >= 0.3 is 0 Å². The molecule has 1 unspecified atom stereocenters. The van der Waals surface area contributed by atoms with Crippen LogP contribution < -0.4 is 0 Å². The van der Waals surface area contributed by atoms with Gasteiger partial charge in [0.05, 0.1) is 5.92 Å². The van der Waals surface area contributed by atoms with Gasteiger partial charge in [-0.3, -0.25) is 0 Å². The summed E-state index contributed by atoms with van der Waals surface area (Å²) in [6, 6.07) is 7.93. The number of carbonyl (C=O) groups excluding carboxylic acids is 1. The lowest BCUT2D eigenvalue weighted by Crippen LogP contribution is -2.05. The highest BCUT2D eigenvalue weighted by Crippen LogP contribution is 2.18. The summed E-state index contributed by atoms with van der Waals surface area (Å²) in [6.07, 6.45) is 2.57. The average molecular weight is 263 g/mol. The predicted octanol–water partition coefficient (Wildman–Crippen LogP) is 3.01. The van der Waals surface area contributed by atoms with E-state index in [-0.39, 0.29) is 11.8 Å². The van der Waals surface area contributed by atoms with Crippen LogP contribution in [0.3, 0.4) is 0 Å². The Hall–Kier alpha value is -1.61. The van der Waals surface area contributed by atoms with E-state index >= 15 is 0 Å². The molecule has 0 fully saturated rings. The van der Waals surface area contributed by atoms with Crippen LogP contribution in [0.5, 0.6) is 0 Å². The van der Waals surface area contributed by atoms with E-state index in [0.717, 1.165) is 29.1 Å². The molecule has 0 aliphatic rings. The molecule has 18 heavy (non-hydrogen) atoms. The first-order valence-electron chi connectivity index (χ1n) is 5.80. The van der Waals surface area contributed by atoms with Crippen molar-refractivity contribution in [3.05, 3.63) is 47.4 Å². The van der Waals surface area contributed by atoms with Crippen LogP contribution >= 0.6 is 11.6 Å². The third kappa shape index (κ3) is 2.31. The van der Waals surface area contributed by atoms with Crippen LogP contribution in [0.2, 0.25) is 0 Å². The third-order valence-corrected chi connectivity index (χ3v) is 3.36. The molecule has 94 valence electrons. The highest BCUT2D eigenvalue weighted by Gasteiger charge is 2.10. The van der Waals surface area contributed by atoms with E-state index in [0.29, 0.717) is 0 Å². The van der Waals surface area contributed by atoms with Gasteiger partial charge in [-0.25, -0.2) is 4.98 Å². The first-order valence-corrected chi connectivity index (χ1v) is 6.33. The lowest BCUT2D eigenvalue weighted by Gasteiger charge is -2.10. The maximum atomic E-state index is 10.8. The molecule has 0 aromatic carbocycles. The van der Waals surface area contributed by atoms with Gasteiger partial charge < -0.3 is 9.36 Å². The molecule has 0 bridgehead atoms. The molecular formula is C14H15ClN2O. The SMILES string of the molecule is Cc1ccc(C)n1-c1ccc(C(C=O)CCl)cn1. The number of pyridine rings is 1. The minimum Gasteiger partial charge on any atom is -0.303 e. The second-order valence-corrected chi connectivity index (χ2v) is 4.61. The van der Waals surface area contributed by atoms with Crippen LogP contribution in [-0.2, 0) is 4.79 Å². The number of carbonyl (C=O) groups is 1. The number of rotatable bonds is 4. The summed E-state index contributed by atoms with van der Waals surface area (Å²) in [7, 11) is 0. The molecule has 2 rings (SSSR count). The minimum absolute atomic E-state index is 0.278. The Labute approximate surface area is 111 Å². The highest BCUT2D eigenvalue weighted by molar-refractivity contribution is 6.19. The second-order valence-electron chi connectivity index (χ2n) is 4.30. The van der Waals surface area contributed by atoms with Crippen LogP contribution in [0.15, 0.2) is 30.5 Å². The summed E-state index contributed by atoms with van der Waals surface area (Å²) >= 11 is 5.73. The molecule has 0 aliphatic carbocycles. The van der Waals surface area contributed by atoms with Crippen molar-refractivity contribution in [1.29, 1.82) is 0 Å². The number of hydrogen-bond acceptors (Lipinski definition) is 2. The van der Waals surface area contributed by atoms with Crippen LogP contribution in [0, 0.1) is 13.8 Å². The van der Waals surface area contributed by atoms with Gasteiger partial charge in [-0.1, -0.05) is 6.07 Å². The molecule has 0 aliphatic heterocycles. The Balaban J connectivity index is 2.36. The van der Waals surface area contributed by atoms with Gasteiger partial charge in [-0.05, 0) is 37.6 Å². The number of nitrogens with zero attached hydrogens (tertiary/aromatic N) is 2. The summed E-state index contributed by atoms with van der Waals surface area (Å²) in [6.45, 7) is 4.07. The average Bonchev–Trinajstić information content (AvgIpc) is 2.72. The van der Waals surface area contributed by atoms with E-state index < -0.39 is 0 Å². The van der Waals surface area contributed by atoms with Crippen molar-refractivity contribution in [2.45, 2.75) is 19.8 Å². The van der Waals surface area contributed by atoms with Gasteiger partial charge in [0.1, 0.15) is 12.1 Å². The summed E-state index contributed by atoms with van der Waals surface area (Å²) < 4.78 is 2.07. The van der Waals surface area contributed by atoms with E-state index in [4.69, 9.17) is 11.6 Å². The number of aromatic nitrogens is 2. The van der Waals surface area contributed by atoms with Crippen molar-refractivity contribution in [2.75, 3.05) is 5.88 Å². The van der Waals surface area contributed by atoms with Gasteiger partial charge in [0.15, 0.2) is 0 Å². The zero-order valence-corrected chi connectivity index (χ0v) is 11.2. The molecule has 0 amide bonds. The molecular weight excluding hydrogens is 248 g/mol. The zero-order valence-electron chi connectivity index (χ0n) is 10.4. The van der Waals surface area contributed by atoms with Crippen molar-refractivity contribution in [2.24, 2.45) is 0 Å². The fourth-order valence-electron chi connectivity index (χ4n) is 1.98. The van der Waals surface area contributed by atoms with E-state index in [9.17, 15) is 4.79 Å². The molecule has 2 aromatic heterocycles. The Morgan fingerprint density at radius 2 is 1.94 bits per heavy atom. The van der Waals surface area contributed by atoms with Crippen molar-refractivity contribution in [3.8, 4) is 5.82 Å². The first-order chi connectivity index (χ1) is 8.67. The quantitative estimate of drug-likeness (QED) is 0.627. The number of aldehydes is 1. The lowest BCUT2D eigenvalue weighted by atomic mass is 10.1. The number of hydrogen-bond donors (Lipinski definition) is 0. The molecule has 2 aromatic rings. The van der Waals surface area contributed by atoms with Crippen LogP contribution in [0.1, 0.15) is 22.9 Å². The Morgan fingerprint density at radius 3 is 2.39 bits per heavy atom. The monoisotopic (exact) mass is 262 g/mol. The Morgan fingerprint density at radius 1 is 1.28 bits per heavy atom. The summed E-state index contributed by atoms with van der Waals surface area (Å²) in [4.78, 5) is 15.2. The fourth-order valence-corrected chi connectivity index (χ4v) is 2.23. The van der Waals surface area contributed by atoms with Crippen molar-refractivity contribution < 1.29 is 4.79 Å². The van der Waals surface area contributed by atoms with Crippen molar-refractivity contribution >= 4 is 17.9 Å². The Kier molecular flexibility index (Phi) is 3.82. The highest BCUT2D eigenvalue weighted by atomic mass is 35.5. The summed E-state index contributed by atoms with van der Waals surface area (Å²) in [5, 5.41) is 0. The van der Waals surface area contributed by atoms with Crippen LogP contribution in [0.25, 0.3) is 5.82 Å². The molecule has 0 saturated carbocycles. The van der Waals surface area contributed by atoms with Crippen molar-refractivity contribution in [3.63, 3.8) is 0 Å². The van der Waals surface area contributed by atoms with E-state index in [1.54, 1.807) is 6.20 Å². The van der Waals surface area contributed by atoms with Gasteiger partial charge in [-0.15, -0.1) is 11.6 Å². The number of alkyl halides is 1. The smallest absolute Gasteiger partial charge is 0.136 e. The van der Waals surface area contributed by atoms with E-state index in [1.807, 2.05) is 26.0 Å². The molecule has 0 N–H and O–H groups in total. The van der Waals surface area contributed by atoms with Crippen LogP contribution in [-0.4, -0.2) is 21.7 Å². The molecule has 4 heteroatoms. The first kappa shape index (κ1) is 12.8. The maximum Gasteiger partial charge on any atom is 0.136 e. The van der Waals surface area contributed by atoms with E-state index in [1.165, 1.54) is 0 Å². The fraction of sp³-hybridized carbons (Fsp3) is 0.286. The van der Waals surface area contributed by atoms with Crippen molar-refractivity contribution in [1.82, 2.24) is 9.55 Å². The number of halogens is 1. The normalized spacial score (nSPS) is 12.4. The topological polar surface area (TPSA) is 34.9 Å². The molecule has 1 atom stereocenters. The zero-order chi connectivity index (χ0) is 13.1. The van der Waals surface area contributed by atoms with Crippen LogP contribution in [0.4, 0.5) is 0 Å². The maximum absolute atomic E-state index is 10.8. The largest absolute Gasteiger partial charge is 0.303 e. The van der Waals surface area contributed by atoms with Gasteiger partial charge in [-0.2, -0.15) is 0 Å². The number of aryl methyl sites for hydroxylation is 2. The molecule has 3 nitrogen and oxygen atoms in total. The summed E-state index contributed by atoms with van der Waals surface area (Å²) in [5.41, 5.74) is 3.13. The Bertz CT molecular complexity index is 526. The summed E-state index contributed by atoms with van der Waals surface area (Å²) in [5.74, 6) is 0.865. The van der Waals surface area contributed by atoms with E-state index in [2.05, 4.69) is 21.7 Å². The van der Waals surface area contributed by atoms with Gasteiger partial charge in [0, 0.05) is 23.5 Å².